The van der Waals surface area contributed by atoms with Crippen molar-refractivity contribution in [1.82, 2.24) is 4.90 Å². The average Bonchev–Trinajstić information content (AvgIpc) is 2.50. The summed E-state index contributed by atoms with van der Waals surface area (Å²) in [6.45, 7) is 13.2. The van der Waals surface area contributed by atoms with Gasteiger partial charge in [-0.3, -0.25) is 0 Å². The number of aliphatic hydroxyl groups is 1. The second-order valence-electron chi connectivity index (χ2n) is 3.97. The monoisotopic (exact) mass is 187 g/mol. The van der Waals surface area contributed by atoms with Crippen LogP contribution in [0.2, 0.25) is 0 Å². The third-order valence-corrected chi connectivity index (χ3v) is 2.76. The van der Waals surface area contributed by atoms with Crippen molar-refractivity contribution in [2.45, 2.75) is 40.7 Å². The van der Waals surface area contributed by atoms with E-state index in [-0.39, 0.29) is 0 Å². The van der Waals surface area contributed by atoms with Crippen LogP contribution in [0.1, 0.15) is 34.6 Å². The summed E-state index contributed by atoms with van der Waals surface area (Å²) < 4.78 is 0. The van der Waals surface area contributed by atoms with Crippen LogP contribution in [0.25, 0.3) is 0 Å². The van der Waals surface area contributed by atoms with E-state index >= 15 is 0 Å². The molecule has 1 rings (SSSR count). The Morgan fingerprint density at radius 3 is 2.08 bits per heavy atom. The summed E-state index contributed by atoms with van der Waals surface area (Å²) in [4.78, 5) is 2.44. The summed E-state index contributed by atoms with van der Waals surface area (Å²) in [5, 5.41) is 9.01. The Labute approximate surface area is 82.9 Å². The zero-order valence-corrected chi connectivity index (χ0v) is 9.75. The van der Waals surface area contributed by atoms with Gasteiger partial charge in [0, 0.05) is 25.7 Å². The molecule has 0 saturated carbocycles. The molecular weight excluding hydrogens is 162 g/mol. The highest BCUT2D eigenvalue weighted by molar-refractivity contribution is 4.82. The van der Waals surface area contributed by atoms with E-state index in [0.29, 0.717) is 24.5 Å². The quantitative estimate of drug-likeness (QED) is 0.714. The molecule has 1 aliphatic rings. The number of rotatable bonds is 2. The van der Waals surface area contributed by atoms with Gasteiger partial charge >= 0.3 is 0 Å². The Kier molecular flexibility index (Phi) is 6.35. The first-order valence-corrected chi connectivity index (χ1v) is 5.50. The van der Waals surface area contributed by atoms with Crippen LogP contribution in [0.3, 0.4) is 0 Å². The van der Waals surface area contributed by atoms with E-state index in [1.54, 1.807) is 0 Å². The second kappa shape index (κ2) is 6.39. The molecule has 2 nitrogen and oxygen atoms in total. The van der Waals surface area contributed by atoms with Crippen LogP contribution >= 0.6 is 0 Å². The zero-order valence-electron chi connectivity index (χ0n) is 9.75. The molecule has 0 aliphatic carbocycles. The van der Waals surface area contributed by atoms with Crippen molar-refractivity contribution in [3.05, 3.63) is 0 Å². The van der Waals surface area contributed by atoms with E-state index in [2.05, 4.69) is 25.7 Å². The van der Waals surface area contributed by atoms with Crippen molar-refractivity contribution in [3.8, 4) is 0 Å². The van der Waals surface area contributed by atoms with Gasteiger partial charge in [-0.15, -0.1) is 0 Å². The Bertz CT molecular complexity index is 125. The molecule has 0 aromatic rings. The molecule has 0 spiro atoms. The fraction of sp³-hybridized carbons (Fsp3) is 1.00. The molecule has 1 aliphatic heterocycles. The van der Waals surface area contributed by atoms with E-state index in [4.69, 9.17) is 5.11 Å². The summed E-state index contributed by atoms with van der Waals surface area (Å²) in [6.07, 6.45) is 0. The van der Waals surface area contributed by atoms with Crippen molar-refractivity contribution < 1.29 is 5.11 Å². The number of likely N-dealkylation sites (tertiary alicyclic amines) is 1. The van der Waals surface area contributed by atoms with Gasteiger partial charge in [-0.25, -0.2) is 0 Å². The number of hydrogen-bond acceptors (Lipinski definition) is 2. The normalized spacial score (nSPS) is 28.8. The van der Waals surface area contributed by atoms with Crippen LogP contribution < -0.4 is 0 Å². The molecule has 0 aromatic carbocycles. The van der Waals surface area contributed by atoms with Gasteiger partial charge in [-0.2, -0.15) is 0 Å². The smallest absolute Gasteiger partial charge is 0.0474 e. The van der Waals surface area contributed by atoms with Gasteiger partial charge in [0.15, 0.2) is 0 Å². The lowest BCUT2D eigenvalue weighted by Gasteiger charge is -2.19. The van der Waals surface area contributed by atoms with E-state index in [0.717, 1.165) is 13.1 Å². The molecule has 80 valence electrons. The van der Waals surface area contributed by atoms with Crippen molar-refractivity contribution in [1.29, 1.82) is 0 Å². The minimum atomic E-state index is 0.352. The summed E-state index contributed by atoms with van der Waals surface area (Å²) in [6, 6.07) is 0.633. The van der Waals surface area contributed by atoms with Gasteiger partial charge in [-0.05, 0) is 25.7 Å². The van der Waals surface area contributed by atoms with Gasteiger partial charge in [-0.1, -0.05) is 20.8 Å². The lowest BCUT2D eigenvalue weighted by atomic mass is 10.00. The van der Waals surface area contributed by atoms with Crippen LogP contribution in [-0.4, -0.2) is 35.7 Å². The first kappa shape index (κ1) is 12.9. The summed E-state index contributed by atoms with van der Waals surface area (Å²) in [5.74, 6) is 1.18. The lowest BCUT2D eigenvalue weighted by molar-refractivity contribution is 0.199. The average molecular weight is 187 g/mol. The van der Waals surface area contributed by atoms with Crippen LogP contribution in [0, 0.1) is 11.8 Å². The van der Waals surface area contributed by atoms with Gasteiger partial charge in [0.25, 0.3) is 0 Å². The van der Waals surface area contributed by atoms with Crippen molar-refractivity contribution >= 4 is 0 Å². The van der Waals surface area contributed by atoms with Gasteiger partial charge in [0.2, 0.25) is 0 Å². The Balaban J connectivity index is 0.000000671. The zero-order chi connectivity index (χ0) is 10.4. The highest BCUT2D eigenvalue weighted by Gasteiger charge is 2.29. The fourth-order valence-corrected chi connectivity index (χ4v) is 1.73. The minimum absolute atomic E-state index is 0.352. The van der Waals surface area contributed by atoms with Crippen LogP contribution in [-0.2, 0) is 0 Å². The predicted octanol–water partition coefficient (Wildman–Crippen LogP) is 1.98. The van der Waals surface area contributed by atoms with Crippen molar-refractivity contribution in [3.63, 3.8) is 0 Å². The standard InChI is InChI=1S/C9H19NO.C2H6/c1-7(2)10-4-8(3)9(5-10)6-11;1-2/h7-9,11H,4-6H2,1-3H3;1-2H3. The van der Waals surface area contributed by atoms with Crippen LogP contribution in [0.4, 0.5) is 0 Å². The molecule has 0 radical (unpaired) electrons. The molecule has 0 bridgehead atoms. The largest absolute Gasteiger partial charge is 0.396 e. The van der Waals surface area contributed by atoms with E-state index < -0.39 is 0 Å². The van der Waals surface area contributed by atoms with Gasteiger partial charge in [0.05, 0.1) is 0 Å². The topological polar surface area (TPSA) is 23.5 Å². The maximum absolute atomic E-state index is 9.01. The molecule has 0 aromatic heterocycles. The van der Waals surface area contributed by atoms with Crippen molar-refractivity contribution in [2.75, 3.05) is 19.7 Å². The molecule has 1 fully saturated rings. The molecule has 1 saturated heterocycles. The van der Waals surface area contributed by atoms with E-state index in [1.165, 1.54) is 0 Å². The van der Waals surface area contributed by atoms with Crippen LogP contribution in [0.15, 0.2) is 0 Å². The summed E-state index contributed by atoms with van der Waals surface area (Å²) in [7, 11) is 0. The molecule has 1 N–H and O–H groups in total. The number of nitrogens with zero attached hydrogens (tertiary/aromatic N) is 1. The molecule has 1 heterocycles. The van der Waals surface area contributed by atoms with Crippen LogP contribution in [0.5, 0.6) is 0 Å². The predicted molar refractivity (Wildman–Crippen MR) is 57.8 cm³/mol. The second-order valence-corrected chi connectivity index (χ2v) is 3.97. The van der Waals surface area contributed by atoms with E-state index in [9.17, 15) is 0 Å². The summed E-state index contributed by atoms with van der Waals surface area (Å²) >= 11 is 0. The fourth-order valence-electron chi connectivity index (χ4n) is 1.73. The highest BCUT2D eigenvalue weighted by atomic mass is 16.3. The molecule has 0 amide bonds. The van der Waals surface area contributed by atoms with E-state index in [1.807, 2.05) is 13.8 Å². The Morgan fingerprint density at radius 2 is 1.85 bits per heavy atom. The molecule has 13 heavy (non-hydrogen) atoms. The highest BCUT2D eigenvalue weighted by Crippen LogP contribution is 2.23. The first-order valence-electron chi connectivity index (χ1n) is 5.50. The maximum atomic E-state index is 9.01. The Morgan fingerprint density at radius 1 is 1.31 bits per heavy atom. The third-order valence-electron chi connectivity index (χ3n) is 2.76. The van der Waals surface area contributed by atoms with Crippen molar-refractivity contribution in [2.24, 2.45) is 11.8 Å². The first-order chi connectivity index (χ1) is 6.15. The number of hydrogen-bond donors (Lipinski definition) is 1. The summed E-state index contributed by atoms with van der Waals surface area (Å²) in [5.41, 5.74) is 0. The number of aliphatic hydroxyl groups excluding tert-OH is 1. The van der Waals surface area contributed by atoms with Gasteiger partial charge < -0.3 is 10.0 Å². The minimum Gasteiger partial charge on any atom is -0.396 e. The maximum Gasteiger partial charge on any atom is 0.0474 e. The molecular formula is C11H25NO. The third kappa shape index (κ3) is 3.65. The SMILES string of the molecule is CC.CC1CN(C(C)C)CC1CO. The lowest BCUT2D eigenvalue weighted by Crippen LogP contribution is -2.28. The molecule has 2 unspecified atom stereocenters. The van der Waals surface area contributed by atoms with Gasteiger partial charge in [0.1, 0.15) is 0 Å². The Hall–Kier alpha value is -0.0800. The molecule has 2 atom stereocenters. The molecule has 2 heteroatoms.